The number of ether oxygens (including phenoxy) is 4. The molecule has 0 aliphatic carbocycles. The average Bonchev–Trinajstić information content (AvgIpc) is 2.69. The zero-order chi connectivity index (χ0) is 19.8. The van der Waals surface area contributed by atoms with E-state index < -0.39 is 6.10 Å². The van der Waals surface area contributed by atoms with Gasteiger partial charge in [-0.25, -0.2) is 0 Å². The molecule has 6 nitrogen and oxygen atoms in total. The minimum Gasteiger partial charge on any atom is -0.504 e. The summed E-state index contributed by atoms with van der Waals surface area (Å²) in [7, 11) is 4.59. The van der Waals surface area contributed by atoms with E-state index in [1.807, 2.05) is 12.1 Å². The summed E-state index contributed by atoms with van der Waals surface area (Å²) in [6, 6.07) is 8.73. The van der Waals surface area contributed by atoms with E-state index in [4.69, 9.17) is 18.9 Å². The molecule has 0 saturated carbocycles. The molecular formula is C21H26O6. The lowest BCUT2D eigenvalue weighted by Crippen LogP contribution is -2.24. The molecule has 0 heterocycles. The summed E-state index contributed by atoms with van der Waals surface area (Å²) in [5.74, 6) is 1.90. The smallest absolute Gasteiger partial charge is 0.203 e. The van der Waals surface area contributed by atoms with Crippen LogP contribution < -0.4 is 18.9 Å². The van der Waals surface area contributed by atoms with Crippen molar-refractivity contribution in [2.75, 3.05) is 27.9 Å². The lowest BCUT2D eigenvalue weighted by molar-refractivity contribution is 0.109. The first-order valence-corrected chi connectivity index (χ1v) is 8.55. The third-order valence-electron chi connectivity index (χ3n) is 4.10. The molecule has 1 unspecified atom stereocenters. The van der Waals surface area contributed by atoms with Crippen molar-refractivity contribution in [2.45, 2.75) is 18.9 Å². The van der Waals surface area contributed by atoms with E-state index in [0.29, 0.717) is 35.8 Å². The number of hydrogen-bond acceptors (Lipinski definition) is 6. The van der Waals surface area contributed by atoms with Crippen LogP contribution in [0.5, 0.6) is 28.7 Å². The van der Waals surface area contributed by atoms with Gasteiger partial charge in [0, 0.05) is 6.42 Å². The number of methoxy groups -OCH3 is 3. The highest BCUT2D eigenvalue weighted by molar-refractivity contribution is 5.54. The molecule has 0 saturated heterocycles. The summed E-state index contributed by atoms with van der Waals surface area (Å²) in [5, 5.41) is 19.5. The van der Waals surface area contributed by atoms with Crippen LogP contribution in [0.25, 0.3) is 0 Å². The van der Waals surface area contributed by atoms with Gasteiger partial charge in [0.1, 0.15) is 6.10 Å². The molecular weight excluding hydrogens is 348 g/mol. The molecule has 1 atom stereocenters. The highest BCUT2D eigenvalue weighted by Gasteiger charge is 2.19. The van der Waals surface area contributed by atoms with Gasteiger partial charge < -0.3 is 29.2 Å². The number of aliphatic hydroxyl groups excluding tert-OH is 1. The lowest BCUT2D eigenvalue weighted by atomic mass is 10.1. The van der Waals surface area contributed by atoms with Gasteiger partial charge in [-0.05, 0) is 41.8 Å². The molecule has 2 aromatic carbocycles. The summed E-state index contributed by atoms with van der Waals surface area (Å²) in [5.41, 5.74) is 1.83. The number of hydrogen-bond donors (Lipinski definition) is 2. The molecule has 27 heavy (non-hydrogen) atoms. The fourth-order valence-electron chi connectivity index (χ4n) is 2.76. The minimum absolute atomic E-state index is 0.0591. The van der Waals surface area contributed by atoms with E-state index >= 15 is 0 Å². The van der Waals surface area contributed by atoms with E-state index in [0.717, 1.165) is 11.1 Å². The van der Waals surface area contributed by atoms with E-state index in [1.165, 1.54) is 7.11 Å². The Kier molecular flexibility index (Phi) is 7.37. The van der Waals surface area contributed by atoms with Gasteiger partial charge in [-0.3, -0.25) is 0 Å². The Morgan fingerprint density at radius 3 is 2.07 bits per heavy atom. The second kappa shape index (κ2) is 9.73. The number of phenols is 1. The van der Waals surface area contributed by atoms with Crippen molar-refractivity contribution in [1.82, 2.24) is 0 Å². The Morgan fingerprint density at radius 1 is 0.963 bits per heavy atom. The largest absolute Gasteiger partial charge is 0.504 e. The van der Waals surface area contributed by atoms with Gasteiger partial charge in [0.15, 0.2) is 23.0 Å². The van der Waals surface area contributed by atoms with Crippen molar-refractivity contribution in [3.8, 4) is 28.7 Å². The third kappa shape index (κ3) is 5.08. The van der Waals surface area contributed by atoms with Crippen molar-refractivity contribution >= 4 is 0 Å². The highest BCUT2D eigenvalue weighted by atomic mass is 16.5. The maximum absolute atomic E-state index is 9.80. The van der Waals surface area contributed by atoms with Crippen molar-refractivity contribution in [1.29, 1.82) is 0 Å². The monoisotopic (exact) mass is 374 g/mol. The van der Waals surface area contributed by atoms with Crippen LogP contribution in [0, 0.1) is 0 Å². The molecule has 0 aliphatic heterocycles. The molecule has 0 fully saturated rings. The molecule has 0 radical (unpaired) electrons. The predicted molar refractivity (Wildman–Crippen MR) is 103 cm³/mol. The van der Waals surface area contributed by atoms with Gasteiger partial charge in [0.25, 0.3) is 0 Å². The van der Waals surface area contributed by atoms with Crippen LogP contribution in [0.1, 0.15) is 11.1 Å². The highest BCUT2D eigenvalue weighted by Crippen LogP contribution is 2.40. The second-order valence-corrected chi connectivity index (χ2v) is 5.96. The summed E-state index contributed by atoms with van der Waals surface area (Å²) < 4.78 is 22.0. The maximum Gasteiger partial charge on any atom is 0.203 e. The number of rotatable bonds is 10. The van der Waals surface area contributed by atoms with Crippen LogP contribution in [0.3, 0.4) is 0 Å². The van der Waals surface area contributed by atoms with Crippen molar-refractivity contribution in [3.05, 3.63) is 54.1 Å². The first-order chi connectivity index (χ1) is 13.1. The SMILES string of the molecule is C=CCc1cc(OC)c(OC(CO)Cc2ccc(O)c(OC)c2)c(OC)c1. The molecule has 146 valence electrons. The van der Waals surface area contributed by atoms with Crippen molar-refractivity contribution in [2.24, 2.45) is 0 Å². The number of aliphatic hydroxyl groups is 1. The van der Waals surface area contributed by atoms with E-state index in [9.17, 15) is 10.2 Å². The quantitative estimate of drug-likeness (QED) is 0.622. The molecule has 0 amide bonds. The fourth-order valence-corrected chi connectivity index (χ4v) is 2.76. The molecule has 2 rings (SSSR count). The van der Waals surface area contributed by atoms with E-state index in [-0.39, 0.29) is 12.4 Å². The van der Waals surface area contributed by atoms with Gasteiger partial charge in [0.2, 0.25) is 5.75 Å². The van der Waals surface area contributed by atoms with Gasteiger partial charge in [-0.15, -0.1) is 6.58 Å². The minimum atomic E-state index is -0.535. The van der Waals surface area contributed by atoms with Gasteiger partial charge in [-0.2, -0.15) is 0 Å². The lowest BCUT2D eigenvalue weighted by Gasteiger charge is -2.21. The summed E-state index contributed by atoms with van der Waals surface area (Å²) in [4.78, 5) is 0. The third-order valence-corrected chi connectivity index (χ3v) is 4.10. The van der Waals surface area contributed by atoms with Crippen LogP contribution >= 0.6 is 0 Å². The Morgan fingerprint density at radius 2 is 1.56 bits per heavy atom. The zero-order valence-electron chi connectivity index (χ0n) is 15.9. The summed E-state index contributed by atoms with van der Waals surface area (Å²) in [6.07, 6.45) is 2.34. The number of allylic oxidation sites excluding steroid dienone is 1. The van der Waals surface area contributed by atoms with Crippen LogP contribution in [-0.2, 0) is 12.8 Å². The Hall–Kier alpha value is -2.86. The Labute approximate surface area is 159 Å². The molecule has 0 aromatic heterocycles. The molecule has 2 N–H and O–H groups in total. The van der Waals surface area contributed by atoms with E-state index in [1.54, 1.807) is 38.5 Å². The molecule has 0 aliphatic rings. The second-order valence-electron chi connectivity index (χ2n) is 5.96. The topological polar surface area (TPSA) is 77.4 Å². The summed E-state index contributed by atoms with van der Waals surface area (Å²) in [6.45, 7) is 3.54. The maximum atomic E-state index is 9.80. The first-order valence-electron chi connectivity index (χ1n) is 8.55. The van der Waals surface area contributed by atoms with Gasteiger partial charge >= 0.3 is 0 Å². The van der Waals surface area contributed by atoms with Crippen molar-refractivity contribution in [3.63, 3.8) is 0 Å². The molecule has 2 aromatic rings. The predicted octanol–water partition coefficient (Wildman–Crippen LogP) is 3.13. The molecule has 6 heteroatoms. The molecule has 0 bridgehead atoms. The standard InChI is InChI=1S/C21H26O6/c1-5-6-14-11-19(25-3)21(20(12-14)26-4)27-16(13-22)9-15-7-8-17(23)18(10-15)24-2/h5,7-8,10-12,16,22-23H,1,6,9,13H2,2-4H3. The zero-order valence-corrected chi connectivity index (χ0v) is 15.9. The summed E-state index contributed by atoms with van der Waals surface area (Å²) >= 11 is 0. The number of aromatic hydroxyl groups is 1. The average molecular weight is 374 g/mol. The Balaban J connectivity index is 2.28. The Bertz CT molecular complexity index is 746. The first kappa shape index (κ1) is 20.5. The normalized spacial score (nSPS) is 11.6. The fraction of sp³-hybridized carbons (Fsp3) is 0.333. The van der Waals surface area contributed by atoms with Crippen LogP contribution in [0.15, 0.2) is 43.0 Å². The van der Waals surface area contributed by atoms with E-state index in [2.05, 4.69) is 6.58 Å². The van der Waals surface area contributed by atoms with Crippen molar-refractivity contribution < 1.29 is 29.2 Å². The number of phenolic OH excluding ortho intramolecular Hbond substituents is 1. The van der Waals surface area contributed by atoms with Gasteiger partial charge in [0.05, 0.1) is 27.9 Å². The number of benzene rings is 2. The van der Waals surface area contributed by atoms with Gasteiger partial charge in [-0.1, -0.05) is 12.1 Å². The van der Waals surface area contributed by atoms with Crippen LogP contribution in [0.2, 0.25) is 0 Å². The van der Waals surface area contributed by atoms with Crippen LogP contribution in [0.4, 0.5) is 0 Å². The van der Waals surface area contributed by atoms with Crippen LogP contribution in [-0.4, -0.2) is 44.3 Å². The molecule has 0 spiro atoms.